The molecule has 0 saturated carbocycles. The number of carbonyl (C=O) groups is 2. The number of non-ortho nitro benzene ring substituents is 1. The van der Waals surface area contributed by atoms with Gasteiger partial charge in [-0.2, -0.15) is 0 Å². The highest BCUT2D eigenvalue weighted by atomic mass is 16.6. The molecule has 0 aliphatic heterocycles. The smallest absolute Gasteiger partial charge is 0.299 e. The zero-order valence-electron chi connectivity index (χ0n) is 24.9. The molecule has 0 radical (unpaired) electrons. The molecule has 2 amide bonds. The van der Waals surface area contributed by atoms with Gasteiger partial charge in [0.15, 0.2) is 0 Å². The van der Waals surface area contributed by atoms with Crippen LogP contribution in [0.4, 0.5) is 17.1 Å². The number of carbonyl (C=O) groups excluding carboxylic acids is 2. The number of phenols is 1. The van der Waals surface area contributed by atoms with Gasteiger partial charge in [0.2, 0.25) is 11.8 Å². The Morgan fingerprint density at radius 1 is 0.818 bits per heavy atom. The molecule has 0 bridgehead atoms. The van der Waals surface area contributed by atoms with Gasteiger partial charge in [0.1, 0.15) is 17.5 Å². The Labute approximate surface area is 256 Å². The summed E-state index contributed by atoms with van der Waals surface area (Å²) in [5.74, 6) is -0.604. The summed E-state index contributed by atoms with van der Waals surface area (Å²) in [6.45, 7) is 4.85. The maximum atomic E-state index is 13.0. The number of anilines is 1. The van der Waals surface area contributed by atoms with Crippen molar-refractivity contribution >= 4 is 28.9 Å². The van der Waals surface area contributed by atoms with E-state index in [1.54, 1.807) is 12.1 Å². The van der Waals surface area contributed by atoms with Crippen LogP contribution in [0.15, 0.2) is 42.5 Å². The molecule has 15 heteroatoms. The lowest BCUT2D eigenvalue weighted by Crippen LogP contribution is -2.48. The lowest BCUT2D eigenvalue weighted by atomic mass is 10.0. The Bertz CT molecular complexity index is 1200. The van der Waals surface area contributed by atoms with Gasteiger partial charge < -0.3 is 37.4 Å². The number of unbranched alkanes of at least 4 members (excludes halogenated alkanes) is 1. The summed E-state index contributed by atoms with van der Waals surface area (Å²) in [4.78, 5) is 46.5. The molecular weight excluding hydrogens is 572 g/mol. The fourth-order valence-corrected chi connectivity index (χ4v) is 4.27. The Hall–Kier alpha value is -4.34. The van der Waals surface area contributed by atoms with Gasteiger partial charge in [-0.05, 0) is 88.6 Å². The molecule has 1 unspecified atom stereocenters. The predicted molar refractivity (Wildman–Crippen MR) is 167 cm³/mol. The minimum Gasteiger partial charge on any atom is -0.508 e. The molecule has 8 N–H and O–H groups in total. The largest absolute Gasteiger partial charge is 0.508 e. The van der Waals surface area contributed by atoms with E-state index in [0.717, 1.165) is 69.6 Å². The molecule has 2 aromatic carbocycles. The monoisotopic (exact) mass is 616 g/mol. The van der Waals surface area contributed by atoms with Crippen LogP contribution in [0.25, 0.3) is 0 Å². The quantitative estimate of drug-likeness (QED) is 0.0542. The number of nitrogens with two attached hydrogens (primary N) is 1. The van der Waals surface area contributed by atoms with Crippen molar-refractivity contribution in [2.75, 3.05) is 51.1 Å². The minimum absolute atomic E-state index is 0.0413. The van der Waals surface area contributed by atoms with Crippen molar-refractivity contribution in [1.29, 1.82) is 0 Å². The molecule has 0 fully saturated rings. The number of nitro benzene ring substituents is 2. The zero-order valence-corrected chi connectivity index (χ0v) is 24.9. The number of hydrogen-bond donors (Lipinski definition) is 7. The Kier molecular flexibility index (Phi) is 16.7. The summed E-state index contributed by atoms with van der Waals surface area (Å²) in [6.07, 6.45) is 4.37. The van der Waals surface area contributed by atoms with Crippen LogP contribution in [0.1, 0.15) is 44.1 Å². The first-order valence-electron chi connectivity index (χ1n) is 14.8. The van der Waals surface area contributed by atoms with Crippen LogP contribution < -0.4 is 32.3 Å². The number of nitrogens with zero attached hydrogens (tertiary/aromatic N) is 2. The predicted octanol–water partition coefficient (Wildman–Crippen LogP) is 1.94. The van der Waals surface area contributed by atoms with E-state index >= 15 is 0 Å². The number of benzene rings is 2. The number of rotatable bonds is 23. The van der Waals surface area contributed by atoms with Crippen molar-refractivity contribution in [3.63, 3.8) is 0 Å². The summed E-state index contributed by atoms with van der Waals surface area (Å²) >= 11 is 0. The van der Waals surface area contributed by atoms with E-state index in [2.05, 4.69) is 26.6 Å². The van der Waals surface area contributed by atoms with Crippen molar-refractivity contribution in [3.05, 3.63) is 68.3 Å². The van der Waals surface area contributed by atoms with Gasteiger partial charge in [-0.1, -0.05) is 12.1 Å². The molecule has 15 nitrogen and oxygen atoms in total. The first-order valence-corrected chi connectivity index (χ1v) is 14.8. The number of aromatic hydroxyl groups is 1. The van der Waals surface area contributed by atoms with Crippen molar-refractivity contribution in [2.45, 2.75) is 51.0 Å². The van der Waals surface area contributed by atoms with Crippen molar-refractivity contribution < 1.29 is 24.5 Å². The average molecular weight is 617 g/mol. The summed E-state index contributed by atoms with van der Waals surface area (Å²) in [5.41, 5.74) is 5.51. The maximum absolute atomic E-state index is 13.0. The van der Waals surface area contributed by atoms with E-state index in [4.69, 9.17) is 5.73 Å². The third kappa shape index (κ3) is 14.2. The van der Waals surface area contributed by atoms with E-state index in [1.807, 2.05) is 0 Å². The van der Waals surface area contributed by atoms with Crippen molar-refractivity contribution in [1.82, 2.24) is 21.3 Å². The van der Waals surface area contributed by atoms with E-state index in [1.165, 1.54) is 18.2 Å². The molecular formula is C29H44N8O7. The Balaban J connectivity index is 1.78. The van der Waals surface area contributed by atoms with Gasteiger partial charge in [-0.25, -0.2) is 0 Å². The molecule has 0 heterocycles. The fourth-order valence-electron chi connectivity index (χ4n) is 4.27. The number of hydrogen-bond acceptors (Lipinski definition) is 11. The van der Waals surface area contributed by atoms with Gasteiger partial charge in [0.05, 0.1) is 15.9 Å². The first kappa shape index (κ1) is 35.9. The first-order chi connectivity index (χ1) is 21.2. The van der Waals surface area contributed by atoms with E-state index in [0.29, 0.717) is 19.5 Å². The standard InChI is InChI=1S/C29H44N8O7/c30-13-4-16-31-14-1-2-15-32-17-5-19-34-29(40)26(20-22-7-10-24(38)11-8-22)35-28(39)6-3-18-33-25-12-9-23(36(41)42)21-27(25)37(43)44/h7-12,21,26,31-33,38H,1-6,13-20,30H2,(H,34,40)(H,35,39). The van der Waals surface area contributed by atoms with Crippen LogP contribution in [0.5, 0.6) is 5.75 Å². The van der Waals surface area contributed by atoms with E-state index in [-0.39, 0.29) is 42.6 Å². The molecule has 44 heavy (non-hydrogen) atoms. The summed E-state index contributed by atoms with van der Waals surface area (Å²) in [6, 6.07) is 8.84. The molecule has 1 atom stereocenters. The van der Waals surface area contributed by atoms with Crippen LogP contribution in [-0.4, -0.2) is 78.6 Å². The van der Waals surface area contributed by atoms with Crippen LogP contribution in [-0.2, 0) is 16.0 Å². The molecule has 0 aliphatic carbocycles. The lowest BCUT2D eigenvalue weighted by Gasteiger charge is -2.19. The molecule has 2 aromatic rings. The topological polar surface area (TPSA) is 227 Å². The highest BCUT2D eigenvalue weighted by Gasteiger charge is 2.22. The highest BCUT2D eigenvalue weighted by molar-refractivity contribution is 5.87. The normalized spacial score (nSPS) is 11.5. The van der Waals surface area contributed by atoms with Gasteiger partial charge >= 0.3 is 0 Å². The molecule has 0 saturated heterocycles. The van der Waals surface area contributed by atoms with Gasteiger partial charge in [-0.15, -0.1) is 0 Å². The van der Waals surface area contributed by atoms with Crippen LogP contribution in [0.3, 0.4) is 0 Å². The number of nitro groups is 2. The molecule has 2 rings (SSSR count). The third-order valence-corrected chi connectivity index (χ3v) is 6.66. The minimum atomic E-state index is -0.838. The summed E-state index contributed by atoms with van der Waals surface area (Å²) in [7, 11) is 0. The van der Waals surface area contributed by atoms with Crippen molar-refractivity contribution in [2.24, 2.45) is 5.73 Å². The van der Waals surface area contributed by atoms with Crippen LogP contribution in [0.2, 0.25) is 0 Å². The Morgan fingerprint density at radius 2 is 1.48 bits per heavy atom. The second-order valence-electron chi connectivity index (χ2n) is 10.2. The van der Waals surface area contributed by atoms with Gasteiger partial charge in [-0.3, -0.25) is 29.8 Å². The third-order valence-electron chi connectivity index (χ3n) is 6.66. The zero-order chi connectivity index (χ0) is 32.2. The Morgan fingerprint density at radius 3 is 2.11 bits per heavy atom. The number of nitrogens with one attached hydrogen (secondary N) is 5. The number of amides is 2. The second-order valence-corrected chi connectivity index (χ2v) is 10.2. The molecule has 0 aromatic heterocycles. The lowest BCUT2D eigenvalue weighted by molar-refractivity contribution is -0.393. The molecule has 0 spiro atoms. The summed E-state index contributed by atoms with van der Waals surface area (Å²) < 4.78 is 0. The fraction of sp³-hybridized carbons (Fsp3) is 0.517. The second kappa shape index (κ2) is 20.5. The van der Waals surface area contributed by atoms with Gasteiger partial charge in [0.25, 0.3) is 11.4 Å². The van der Waals surface area contributed by atoms with Crippen molar-refractivity contribution in [3.8, 4) is 5.75 Å². The highest BCUT2D eigenvalue weighted by Crippen LogP contribution is 2.28. The average Bonchev–Trinajstić information content (AvgIpc) is 3.00. The molecule has 0 aliphatic rings. The van der Waals surface area contributed by atoms with Crippen LogP contribution in [0, 0.1) is 20.2 Å². The SMILES string of the molecule is NCCCNCCCCNCCCNC(=O)C(Cc1ccc(O)cc1)NC(=O)CCCNc1ccc([N+](=O)[O-])cc1[N+](=O)[O-]. The van der Waals surface area contributed by atoms with Gasteiger partial charge in [0, 0.05) is 32.0 Å². The molecule has 242 valence electrons. The van der Waals surface area contributed by atoms with E-state index < -0.39 is 27.3 Å². The number of phenolic OH excluding ortho intramolecular Hbond substituents is 1. The maximum Gasteiger partial charge on any atom is 0.299 e. The summed E-state index contributed by atoms with van der Waals surface area (Å²) in [5, 5.41) is 47.0. The van der Waals surface area contributed by atoms with Crippen LogP contribution >= 0.6 is 0 Å². The van der Waals surface area contributed by atoms with E-state index in [9.17, 15) is 34.9 Å².